The van der Waals surface area contributed by atoms with E-state index in [1.165, 1.54) is 11.0 Å². The van der Waals surface area contributed by atoms with Gasteiger partial charge in [-0.1, -0.05) is 6.07 Å². The second kappa shape index (κ2) is 9.73. The Balaban J connectivity index is 1.29. The summed E-state index contributed by atoms with van der Waals surface area (Å²) >= 11 is 0. The van der Waals surface area contributed by atoms with Gasteiger partial charge in [-0.2, -0.15) is 0 Å². The fourth-order valence-corrected chi connectivity index (χ4v) is 4.62. The molecule has 6 nitrogen and oxygen atoms in total. The highest BCUT2D eigenvalue weighted by molar-refractivity contribution is 6.00. The smallest absolute Gasteiger partial charge is 0.228 e. The highest BCUT2D eigenvalue weighted by Crippen LogP contribution is 2.29. The van der Waals surface area contributed by atoms with Crippen LogP contribution in [0.3, 0.4) is 0 Å². The molecule has 4 rings (SSSR count). The molecule has 8 heteroatoms. The van der Waals surface area contributed by atoms with Gasteiger partial charge in [0.15, 0.2) is 0 Å². The molecule has 0 radical (unpaired) electrons. The second-order valence-corrected chi connectivity index (χ2v) is 8.59. The highest BCUT2D eigenvalue weighted by Gasteiger charge is 2.39. The largest absolute Gasteiger partial charge is 0.342 e. The van der Waals surface area contributed by atoms with Gasteiger partial charge in [0, 0.05) is 70.1 Å². The molecule has 1 aromatic carbocycles. The molecule has 2 aliphatic heterocycles. The second-order valence-electron chi connectivity index (χ2n) is 8.59. The molecular weight excluding hydrogens is 414 g/mol. The molecule has 2 aliphatic rings. The maximum absolute atomic E-state index is 14.1. The standard InChI is InChI=1S/C24H28F2N4O2/c1-28(20-8-12-29(13-9-20)11-7-19-4-2-3-10-27-19)24(32)17-14-23(31)30(16-17)22-6-5-18(25)15-21(22)26/h2-6,10,15,17,20H,7-9,11-14,16H2,1H3. The van der Waals surface area contributed by atoms with Crippen molar-refractivity contribution in [3.8, 4) is 0 Å². The number of carbonyl (C=O) groups excluding carboxylic acids is 2. The van der Waals surface area contributed by atoms with E-state index < -0.39 is 17.6 Å². The molecule has 32 heavy (non-hydrogen) atoms. The van der Waals surface area contributed by atoms with Gasteiger partial charge in [0.25, 0.3) is 0 Å². The molecule has 3 heterocycles. The van der Waals surface area contributed by atoms with Gasteiger partial charge in [0.2, 0.25) is 11.8 Å². The van der Waals surface area contributed by atoms with Crippen LogP contribution >= 0.6 is 0 Å². The molecule has 1 atom stereocenters. The van der Waals surface area contributed by atoms with Crippen molar-refractivity contribution < 1.29 is 18.4 Å². The lowest BCUT2D eigenvalue weighted by Crippen LogP contribution is -2.48. The predicted octanol–water partition coefficient (Wildman–Crippen LogP) is 2.88. The van der Waals surface area contributed by atoms with Crippen LogP contribution in [-0.4, -0.2) is 65.9 Å². The third-order valence-electron chi connectivity index (χ3n) is 6.54. The van der Waals surface area contributed by atoms with Crippen LogP contribution in [0.15, 0.2) is 42.6 Å². The van der Waals surface area contributed by atoms with Crippen molar-refractivity contribution in [1.82, 2.24) is 14.8 Å². The molecule has 2 fully saturated rings. The molecule has 0 aliphatic carbocycles. The van der Waals surface area contributed by atoms with Crippen LogP contribution in [-0.2, 0) is 16.0 Å². The number of likely N-dealkylation sites (tertiary alicyclic amines) is 1. The third-order valence-corrected chi connectivity index (χ3v) is 6.54. The van der Waals surface area contributed by atoms with Crippen molar-refractivity contribution in [2.24, 2.45) is 5.92 Å². The molecule has 0 spiro atoms. The molecule has 2 saturated heterocycles. The van der Waals surface area contributed by atoms with E-state index in [1.807, 2.05) is 24.4 Å². The zero-order valence-electron chi connectivity index (χ0n) is 18.2. The van der Waals surface area contributed by atoms with E-state index in [9.17, 15) is 18.4 Å². The van der Waals surface area contributed by atoms with Crippen molar-refractivity contribution in [3.05, 3.63) is 59.9 Å². The van der Waals surface area contributed by atoms with E-state index in [0.29, 0.717) is 0 Å². The number of pyridine rings is 1. The molecule has 1 unspecified atom stereocenters. The van der Waals surface area contributed by atoms with Gasteiger partial charge in [0.1, 0.15) is 11.6 Å². The summed E-state index contributed by atoms with van der Waals surface area (Å²) in [6.07, 6.45) is 4.51. The zero-order valence-corrected chi connectivity index (χ0v) is 18.2. The summed E-state index contributed by atoms with van der Waals surface area (Å²) in [6.45, 7) is 2.88. The molecular formula is C24H28F2N4O2. The van der Waals surface area contributed by atoms with E-state index in [-0.39, 0.29) is 36.5 Å². The molecule has 0 N–H and O–H groups in total. The van der Waals surface area contributed by atoms with Crippen molar-refractivity contribution >= 4 is 17.5 Å². The maximum Gasteiger partial charge on any atom is 0.228 e. The Bertz CT molecular complexity index is 964. The van der Waals surface area contributed by atoms with E-state index in [1.54, 1.807) is 11.9 Å². The predicted molar refractivity (Wildman–Crippen MR) is 117 cm³/mol. The summed E-state index contributed by atoms with van der Waals surface area (Å²) < 4.78 is 27.3. The summed E-state index contributed by atoms with van der Waals surface area (Å²) in [7, 11) is 1.79. The minimum atomic E-state index is -0.794. The van der Waals surface area contributed by atoms with Crippen molar-refractivity contribution in [3.63, 3.8) is 0 Å². The SMILES string of the molecule is CN(C(=O)C1CC(=O)N(c2ccc(F)cc2F)C1)C1CCN(CCc2ccccn2)CC1. The maximum atomic E-state index is 14.1. The van der Waals surface area contributed by atoms with Gasteiger partial charge < -0.3 is 14.7 Å². The van der Waals surface area contributed by atoms with Crippen molar-refractivity contribution in [2.45, 2.75) is 31.7 Å². The first-order valence-corrected chi connectivity index (χ1v) is 11.1. The number of piperidine rings is 1. The number of benzene rings is 1. The van der Waals surface area contributed by atoms with Crippen LogP contribution in [0.5, 0.6) is 0 Å². The number of amides is 2. The number of carbonyl (C=O) groups is 2. The Kier molecular flexibility index (Phi) is 6.79. The molecule has 170 valence electrons. The van der Waals surface area contributed by atoms with Gasteiger partial charge in [-0.15, -0.1) is 0 Å². The zero-order chi connectivity index (χ0) is 22.7. The topological polar surface area (TPSA) is 56.8 Å². The fourth-order valence-electron chi connectivity index (χ4n) is 4.62. The normalized spacial score (nSPS) is 20.0. The highest BCUT2D eigenvalue weighted by atomic mass is 19.1. The summed E-state index contributed by atoms with van der Waals surface area (Å²) in [4.78, 5) is 35.3. The minimum Gasteiger partial charge on any atom is -0.342 e. The quantitative estimate of drug-likeness (QED) is 0.691. The number of nitrogens with zero attached hydrogens (tertiary/aromatic N) is 4. The van der Waals surface area contributed by atoms with Crippen LogP contribution in [0.1, 0.15) is 25.0 Å². The molecule has 2 amide bonds. The molecule has 2 aromatic rings. The summed E-state index contributed by atoms with van der Waals surface area (Å²) in [6, 6.07) is 9.19. The van der Waals surface area contributed by atoms with Gasteiger partial charge in [-0.3, -0.25) is 14.6 Å². The Morgan fingerprint density at radius 3 is 2.66 bits per heavy atom. The third kappa shape index (κ3) is 4.96. The average Bonchev–Trinajstić information content (AvgIpc) is 3.19. The van der Waals surface area contributed by atoms with E-state index >= 15 is 0 Å². The van der Waals surface area contributed by atoms with Crippen LogP contribution in [0.4, 0.5) is 14.5 Å². The molecule has 0 saturated carbocycles. The number of halogens is 2. The first kappa shape index (κ1) is 22.3. The summed E-state index contributed by atoms with van der Waals surface area (Å²) in [5.41, 5.74) is 1.10. The average molecular weight is 443 g/mol. The summed E-state index contributed by atoms with van der Waals surface area (Å²) in [5, 5.41) is 0. The number of rotatable bonds is 6. The number of hydrogen-bond acceptors (Lipinski definition) is 4. The van der Waals surface area contributed by atoms with Gasteiger partial charge in [0.05, 0.1) is 11.6 Å². The van der Waals surface area contributed by atoms with Crippen LogP contribution in [0.2, 0.25) is 0 Å². The Morgan fingerprint density at radius 1 is 1.19 bits per heavy atom. The van der Waals surface area contributed by atoms with E-state index in [4.69, 9.17) is 0 Å². The molecule has 0 bridgehead atoms. The van der Waals surface area contributed by atoms with E-state index in [0.717, 1.165) is 56.7 Å². The Labute approximate surface area is 186 Å². The Morgan fingerprint density at radius 2 is 1.97 bits per heavy atom. The van der Waals surface area contributed by atoms with Gasteiger partial charge in [-0.25, -0.2) is 8.78 Å². The molecule has 1 aromatic heterocycles. The lowest BCUT2D eigenvalue weighted by molar-refractivity contribution is -0.137. The van der Waals surface area contributed by atoms with Crippen LogP contribution in [0, 0.1) is 17.6 Å². The summed E-state index contributed by atoms with van der Waals surface area (Å²) in [5.74, 6) is -2.41. The van der Waals surface area contributed by atoms with Crippen molar-refractivity contribution in [1.29, 1.82) is 0 Å². The van der Waals surface area contributed by atoms with Crippen LogP contribution < -0.4 is 4.90 Å². The monoisotopic (exact) mass is 442 g/mol. The number of aromatic nitrogens is 1. The fraction of sp³-hybridized carbons (Fsp3) is 0.458. The van der Waals surface area contributed by atoms with Crippen molar-refractivity contribution in [2.75, 3.05) is 38.1 Å². The lowest BCUT2D eigenvalue weighted by Gasteiger charge is -2.37. The van der Waals surface area contributed by atoms with Gasteiger partial charge >= 0.3 is 0 Å². The van der Waals surface area contributed by atoms with Gasteiger partial charge in [-0.05, 0) is 37.1 Å². The minimum absolute atomic E-state index is 0.0237. The first-order chi connectivity index (χ1) is 15.4. The number of anilines is 1. The Hall–Kier alpha value is -2.87. The first-order valence-electron chi connectivity index (χ1n) is 11.1. The number of hydrogen-bond donors (Lipinski definition) is 0. The lowest BCUT2D eigenvalue weighted by atomic mass is 10.00. The van der Waals surface area contributed by atoms with Crippen LogP contribution in [0.25, 0.3) is 0 Å². The van der Waals surface area contributed by atoms with E-state index in [2.05, 4.69) is 9.88 Å².